The van der Waals surface area contributed by atoms with Crippen molar-refractivity contribution in [3.05, 3.63) is 63.8 Å². The Labute approximate surface area is 168 Å². The van der Waals surface area contributed by atoms with Gasteiger partial charge in [-0.2, -0.15) is 0 Å². The predicted molar refractivity (Wildman–Crippen MR) is 107 cm³/mol. The van der Waals surface area contributed by atoms with Gasteiger partial charge in [-0.15, -0.1) is 11.3 Å². The quantitative estimate of drug-likeness (QED) is 0.638. The summed E-state index contributed by atoms with van der Waals surface area (Å²) in [5, 5.41) is 0. The van der Waals surface area contributed by atoms with Gasteiger partial charge in [-0.25, -0.2) is 9.97 Å². The third-order valence-corrected chi connectivity index (χ3v) is 5.99. The molecule has 1 aromatic carbocycles. The normalized spacial score (nSPS) is 16.9. The lowest BCUT2D eigenvalue weighted by atomic mass is 10.0. The van der Waals surface area contributed by atoms with Crippen LogP contribution in [-0.4, -0.2) is 34.4 Å². The molecule has 3 aromatic rings. The summed E-state index contributed by atoms with van der Waals surface area (Å²) in [5.41, 5.74) is 3.60. The number of methoxy groups -OCH3 is 1. The van der Waals surface area contributed by atoms with E-state index in [-0.39, 0.29) is 11.9 Å². The lowest BCUT2D eigenvalue weighted by Crippen LogP contribution is -2.38. The molecule has 0 aliphatic carbocycles. The van der Waals surface area contributed by atoms with Crippen molar-refractivity contribution in [3.8, 4) is 5.75 Å². The molecule has 7 heteroatoms. The Hall–Kier alpha value is -2.67. The van der Waals surface area contributed by atoms with E-state index >= 15 is 0 Å². The maximum Gasteiger partial charge on any atom is 0.266 e. The molecule has 1 fully saturated rings. The molecule has 0 unspecified atom stereocenters. The summed E-state index contributed by atoms with van der Waals surface area (Å²) >= 11 is 1.39. The molecule has 28 heavy (non-hydrogen) atoms. The number of hydrogen-bond donors (Lipinski definition) is 0. The van der Waals surface area contributed by atoms with Gasteiger partial charge in [0.25, 0.3) is 5.91 Å². The standard InChI is InChI=1S/C21H23N3O3S/c1-14-19(28-13-23-14)21(25)24-9-4-3-8-18(24)20-22-12-17(27-20)11-15-6-5-7-16(10-15)26-2/h5-7,10,12-13,18H,3-4,8-9,11H2,1-2H3/t18-/m0/s1. The summed E-state index contributed by atoms with van der Waals surface area (Å²) < 4.78 is 11.4. The molecule has 1 atom stereocenters. The first kappa shape index (κ1) is 18.7. The van der Waals surface area contributed by atoms with Gasteiger partial charge in [-0.1, -0.05) is 12.1 Å². The van der Waals surface area contributed by atoms with Gasteiger partial charge in [0.1, 0.15) is 22.4 Å². The zero-order valence-corrected chi connectivity index (χ0v) is 16.9. The highest BCUT2D eigenvalue weighted by Crippen LogP contribution is 2.33. The zero-order chi connectivity index (χ0) is 19.5. The van der Waals surface area contributed by atoms with E-state index in [1.165, 1.54) is 11.3 Å². The molecule has 1 aliphatic heterocycles. The molecule has 2 aromatic heterocycles. The second-order valence-electron chi connectivity index (χ2n) is 6.97. The molecule has 0 bridgehead atoms. The molecule has 3 heterocycles. The van der Waals surface area contributed by atoms with Crippen molar-refractivity contribution in [1.29, 1.82) is 0 Å². The Morgan fingerprint density at radius 2 is 2.25 bits per heavy atom. The zero-order valence-electron chi connectivity index (χ0n) is 16.1. The number of piperidine rings is 1. The fourth-order valence-electron chi connectivity index (χ4n) is 3.61. The number of hydrogen-bond acceptors (Lipinski definition) is 6. The van der Waals surface area contributed by atoms with Crippen LogP contribution in [0.2, 0.25) is 0 Å². The van der Waals surface area contributed by atoms with E-state index in [0.29, 0.717) is 23.7 Å². The van der Waals surface area contributed by atoms with Crippen LogP contribution in [0.1, 0.15) is 57.9 Å². The van der Waals surface area contributed by atoms with Crippen molar-refractivity contribution in [2.24, 2.45) is 0 Å². The molecule has 146 valence electrons. The molecule has 0 saturated carbocycles. The summed E-state index contributed by atoms with van der Waals surface area (Å²) in [6, 6.07) is 7.78. The molecule has 6 nitrogen and oxygen atoms in total. The van der Waals surface area contributed by atoms with Gasteiger partial charge in [-0.05, 0) is 43.9 Å². The van der Waals surface area contributed by atoms with E-state index in [0.717, 1.165) is 42.0 Å². The Bertz CT molecular complexity index is 965. The van der Waals surface area contributed by atoms with Crippen molar-refractivity contribution in [3.63, 3.8) is 0 Å². The van der Waals surface area contributed by atoms with E-state index in [9.17, 15) is 4.79 Å². The molecule has 4 rings (SSSR count). The molecule has 0 N–H and O–H groups in total. The number of aromatic nitrogens is 2. The number of likely N-dealkylation sites (tertiary alicyclic amines) is 1. The van der Waals surface area contributed by atoms with E-state index < -0.39 is 0 Å². The molecular weight excluding hydrogens is 374 g/mol. The lowest BCUT2D eigenvalue weighted by Gasteiger charge is -2.33. The van der Waals surface area contributed by atoms with Gasteiger partial charge < -0.3 is 14.1 Å². The van der Waals surface area contributed by atoms with Crippen molar-refractivity contribution in [2.45, 2.75) is 38.6 Å². The molecule has 1 amide bonds. The number of carbonyl (C=O) groups is 1. The fourth-order valence-corrected chi connectivity index (χ4v) is 4.37. The van der Waals surface area contributed by atoms with Crippen LogP contribution in [0.5, 0.6) is 5.75 Å². The minimum atomic E-state index is -0.123. The van der Waals surface area contributed by atoms with E-state index in [1.54, 1.807) is 18.8 Å². The van der Waals surface area contributed by atoms with Crippen LogP contribution in [0.4, 0.5) is 0 Å². The number of thiazole rings is 1. The molecule has 0 spiro atoms. The number of aryl methyl sites for hydroxylation is 1. The largest absolute Gasteiger partial charge is 0.497 e. The van der Waals surface area contributed by atoms with Crippen LogP contribution >= 0.6 is 11.3 Å². The lowest BCUT2D eigenvalue weighted by molar-refractivity contribution is 0.0574. The summed E-state index contributed by atoms with van der Waals surface area (Å²) in [6.07, 6.45) is 5.33. The van der Waals surface area contributed by atoms with Gasteiger partial charge >= 0.3 is 0 Å². The molecule has 1 aliphatic rings. The van der Waals surface area contributed by atoms with Crippen LogP contribution < -0.4 is 4.74 Å². The molecule has 0 radical (unpaired) electrons. The highest BCUT2D eigenvalue weighted by Gasteiger charge is 2.33. The smallest absolute Gasteiger partial charge is 0.266 e. The minimum Gasteiger partial charge on any atom is -0.497 e. The Morgan fingerprint density at radius 1 is 1.36 bits per heavy atom. The van der Waals surface area contributed by atoms with Crippen molar-refractivity contribution < 1.29 is 13.9 Å². The summed E-state index contributed by atoms with van der Waals surface area (Å²) in [7, 11) is 1.66. The number of amides is 1. The number of rotatable bonds is 5. The SMILES string of the molecule is COc1cccc(Cc2cnc([C@@H]3CCCCN3C(=O)c3scnc3C)o2)c1. The average molecular weight is 398 g/mol. The van der Waals surface area contributed by atoms with Gasteiger partial charge in [0.2, 0.25) is 5.89 Å². The Kier molecular flexibility index (Phi) is 5.43. The highest BCUT2D eigenvalue weighted by molar-refractivity contribution is 7.11. The first-order chi connectivity index (χ1) is 13.7. The third kappa shape index (κ3) is 3.80. The number of oxazole rings is 1. The van der Waals surface area contributed by atoms with Gasteiger partial charge in [0.15, 0.2) is 0 Å². The van der Waals surface area contributed by atoms with E-state index in [4.69, 9.17) is 9.15 Å². The van der Waals surface area contributed by atoms with Crippen molar-refractivity contribution in [2.75, 3.05) is 13.7 Å². The van der Waals surface area contributed by atoms with Crippen LogP contribution in [-0.2, 0) is 6.42 Å². The highest BCUT2D eigenvalue weighted by atomic mass is 32.1. The topological polar surface area (TPSA) is 68.5 Å². The third-order valence-electron chi connectivity index (χ3n) is 5.07. The summed E-state index contributed by atoms with van der Waals surface area (Å²) in [4.78, 5) is 24.4. The summed E-state index contributed by atoms with van der Waals surface area (Å²) in [6.45, 7) is 2.59. The maximum atomic E-state index is 13.0. The van der Waals surface area contributed by atoms with Gasteiger partial charge in [0, 0.05) is 13.0 Å². The maximum absolute atomic E-state index is 13.0. The number of benzene rings is 1. The van der Waals surface area contributed by atoms with Crippen LogP contribution in [0.25, 0.3) is 0 Å². The number of nitrogens with zero attached hydrogens (tertiary/aromatic N) is 3. The second kappa shape index (κ2) is 8.14. The molecule has 1 saturated heterocycles. The van der Waals surface area contributed by atoms with Crippen molar-refractivity contribution in [1.82, 2.24) is 14.9 Å². The van der Waals surface area contributed by atoms with Gasteiger partial charge in [0.05, 0.1) is 24.5 Å². The first-order valence-electron chi connectivity index (χ1n) is 9.44. The second-order valence-corrected chi connectivity index (χ2v) is 7.82. The predicted octanol–water partition coefficient (Wildman–Crippen LogP) is 4.41. The van der Waals surface area contributed by atoms with Crippen LogP contribution in [0.3, 0.4) is 0 Å². The average Bonchev–Trinajstić information content (AvgIpc) is 3.36. The first-order valence-corrected chi connectivity index (χ1v) is 10.3. The fraction of sp³-hybridized carbons (Fsp3) is 0.381. The Balaban J connectivity index is 1.54. The number of ether oxygens (including phenoxy) is 1. The minimum absolute atomic E-state index is 0.0252. The van der Waals surface area contributed by atoms with Crippen molar-refractivity contribution >= 4 is 17.2 Å². The Morgan fingerprint density at radius 3 is 3.04 bits per heavy atom. The molecular formula is C21H23N3O3S. The summed E-state index contributed by atoms with van der Waals surface area (Å²) in [5.74, 6) is 2.25. The van der Waals surface area contributed by atoms with Gasteiger partial charge in [-0.3, -0.25) is 4.79 Å². The van der Waals surface area contributed by atoms with E-state index in [2.05, 4.69) is 9.97 Å². The monoisotopic (exact) mass is 397 g/mol. The number of carbonyl (C=O) groups excluding carboxylic acids is 1. The van der Waals surface area contributed by atoms with Crippen LogP contribution in [0.15, 0.2) is 40.4 Å². The van der Waals surface area contributed by atoms with Crippen LogP contribution in [0, 0.1) is 6.92 Å². The van der Waals surface area contributed by atoms with E-state index in [1.807, 2.05) is 36.1 Å².